The lowest BCUT2D eigenvalue weighted by molar-refractivity contribution is -0.119. The number of carbonyl (C=O) groups is 5. The topological polar surface area (TPSA) is 227 Å². The smallest absolute Gasteiger partial charge is 0.163 e. The van der Waals surface area contributed by atoms with Crippen LogP contribution in [-0.4, -0.2) is 79.0 Å². The van der Waals surface area contributed by atoms with Gasteiger partial charge >= 0.3 is 0 Å². The largest absolute Gasteiger partial charge is 0.508 e. The molecule has 1 unspecified atom stereocenters. The first-order chi connectivity index (χ1) is 36.9. The molecule has 0 aliphatic rings. The van der Waals surface area contributed by atoms with E-state index in [1.165, 1.54) is 76.3 Å². The van der Waals surface area contributed by atoms with Gasteiger partial charge in [-0.3, -0.25) is 29.0 Å². The monoisotopic (exact) mass is 1100 g/mol. The maximum atomic E-state index is 10.9. The number of ketones is 5. The van der Waals surface area contributed by atoms with Gasteiger partial charge in [0.15, 0.2) is 28.8 Å². The molecule has 0 aliphatic heterocycles. The summed E-state index contributed by atoms with van der Waals surface area (Å²) in [6.45, 7) is 16.1. The number of aromatic nitrogens is 1. The van der Waals surface area contributed by atoms with E-state index >= 15 is 0 Å². The molecule has 1 heterocycles. The summed E-state index contributed by atoms with van der Waals surface area (Å²) in [5, 5.41) is 33.1. The first-order valence-corrected chi connectivity index (χ1v) is 25.1. The number of phenols is 3. The van der Waals surface area contributed by atoms with Crippen molar-refractivity contribution in [3.63, 3.8) is 0 Å². The van der Waals surface area contributed by atoms with Gasteiger partial charge in [-0.05, 0) is 152 Å². The van der Waals surface area contributed by atoms with Crippen LogP contribution in [0.5, 0.6) is 23.0 Å². The third-order valence-corrected chi connectivity index (χ3v) is 10.2. The number of Topliss-reactive ketones (excluding diaryl/α,β-unsaturated/α-hetero) is 5. The number of hydrogen-bond donors (Lipinski definition) is 6. The quantitative estimate of drug-likeness (QED) is 0.0466. The summed E-state index contributed by atoms with van der Waals surface area (Å²) in [6, 6.07) is 46.4. The molecule has 14 nitrogen and oxygen atoms in total. The fourth-order valence-corrected chi connectivity index (χ4v) is 6.07. The molecule has 0 aliphatic carbocycles. The average Bonchev–Trinajstić information content (AvgIpc) is 3.39. The molecule has 0 fully saturated rings. The number of nitrogens with one attached hydrogen (secondary N) is 2. The summed E-state index contributed by atoms with van der Waals surface area (Å²) in [7, 11) is 1.44. The number of phenolic OH excluding ortho intramolecular Hbond substituents is 3. The first-order valence-electron chi connectivity index (χ1n) is 24.3. The van der Waals surface area contributed by atoms with E-state index in [4.69, 9.17) is 49.9 Å². The van der Waals surface area contributed by atoms with Crippen molar-refractivity contribution in [2.75, 3.05) is 24.4 Å². The molecule has 0 radical (unpaired) electrons. The van der Waals surface area contributed by atoms with Gasteiger partial charge in [0, 0.05) is 29.4 Å². The van der Waals surface area contributed by atoms with Crippen LogP contribution in [0.15, 0.2) is 170 Å². The predicted molar refractivity (Wildman–Crippen MR) is 320 cm³/mol. The molecule has 78 heavy (non-hydrogen) atoms. The number of aryl methyl sites for hydroxylation is 2. The maximum absolute atomic E-state index is 10.9. The Morgan fingerprint density at radius 1 is 0.577 bits per heavy atom. The third-order valence-electron chi connectivity index (χ3n) is 10.0. The average molecular weight is 1100 g/mol. The fraction of sp³-hybridized carbons (Fsp3) is 0.226. The maximum Gasteiger partial charge on any atom is 0.163 e. The second-order valence-corrected chi connectivity index (χ2v) is 18.4. The van der Waals surface area contributed by atoms with Gasteiger partial charge in [0.2, 0.25) is 0 Å². The number of nitrogens with zero attached hydrogens (tertiary/aromatic N) is 1. The number of aromatic hydroxyl groups is 3. The van der Waals surface area contributed by atoms with Crippen LogP contribution < -0.4 is 21.1 Å². The number of rotatable bonds is 13. The van der Waals surface area contributed by atoms with Crippen molar-refractivity contribution in [2.45, 2.75) is 81.4 Å². The molecule has 7 N–H and O–H groups in total. The number of anilines is 2. The van der Waals surface area contributed by atoms with Gasteiger partial charge < -0.3 is 41.2 Å². The van der Waals surface area contributed by atoms with Gasteiger partial charge in [0.1, 0.15) is 23.1 Å². The molecule has 1 aromatic heterocycles. The Morgan fingerprint density at radius 2 is 1.10 bits per heavy atom. The number of nitrogens with two attached hydrogens (primary N) is 1. The number of ether oxygens (including phenoxy) is 2. The van der Waals surface area contributed by atoms with Gasteiger partial charge in [-0.2, -0.15) is 0 Å². The Hall–Kier alpha value is -8.28. The Morgan fingerprint density at radius 3 is 1.56 bits per heavy atom. The molecule has 412 valence electrons. The Balaban J connectivity index is 0.000000456. The molecule has 0 saturated carbocycles. The molecular formula is C62H72N4O10S2. The number of benzene rings is 6. The zero-order chi connectivity index (χ0) is 58.6. The summed E-state index contributed by atoms with van der Waals surface area (Å²) in [5.74, 6) is 0.628. The van der Waals surface area contributed by atoms with Crippen LogP contribution in [0.1, 0.15) is 102 Å². The molecule has 1 atom stereocenters. The highest BCUT2D eigenvalue weighted by Crippen LogP contribution is 2.26. The SMILES string of the molecule is CC(=O)C(N)COCc1ccccc1.CC(=O)Cc1ccc(C)cc1.CC(=O)c1ccc(O)cc1.CC(=O)c1ccccc1O.CC(=S)Nc1ccc(C)cc1.CC(=S)Nc1cccnc1.COc1cc(C(C)=O)ccc1O. The number of thiocarbonyl (C=S) groups is 2. The van der Waals surface area contributed by atoms with Crippen LogP contribution in [0.25, 0.3) is 0 Å². The first kappa shape index (κ1) is 67.7. The summed E-state index contributed by atoms with van der Waals surface area (Å²) in [4.78, 5) is 59.2. The number of methoxy groups -OCH3 is 1. The fourth-order valence-electron chi connectivity index (χ4n) is 5.83. The van der Waals surface area contributed by atoms with E-state index in [9.17, 15) is 29.1 Å². The molecule has 0 spiro atoms. The second kappa shape index (κ2) is 38.3. The lowest BCUT2D eigenvalue weighted by atomic mass is 10.1. The van der Waals surface area contributed by atoms with Crippen molar-refractivity contribution in [3.8, 4) is 23.0 Å². The summed E-state index contributed by atoms with van der Waals surface area (Å²) >= 11 is 9.74. The van der Waals surface area contributed by atoms with Crippen LogP contribution in [0.3, 0.4) is 0 Å². The third kappa shape index (κ3) is 31.6. The van der Waals surface area contributed by atoms with Crippen molar-refractivity contribution < 1.29 is 48.8 Å². The molecule has 6 aromatic carbocycles. The second-order valence-electron chi connectivity index (χ2n) is 17.2. The summed E-state index contributed by atoms with van der Waals surface area (Å²) < 4.78 is 10.1. The molecule has 0 saturated heterocycles. The van der Waals surface area contributed by atoms with Crippen molar-refractivity contribution in [1.29, 1.82) is 0 Å². The number of hydrogen-bond acceptors (Lipinski definition) is 14. The van der Waals surface area contributed by atoms with Crippen molar-refractivity contribution in [3.05, 3.63) is 209 Å². The zero-order valence-corrected chi connectivity index (χ0v) is 47.5. The highest BCUT2D eigenvalue weighted by atomic mass is 32.1. The van der Waals surface area contributed by atoms with Crippen molar-refractivity contribution >= 4 is 74.7 Å². The summed E-state index contributed by atoms with van der Waals surface area (Å²) in [5.41, 5.74) is 13.7. The van der Waals surface area contributed by atoms with Crippen LogP contribution in [0, 0.1) is 13.8 Å². The van der Waals surface area contributed by atoms with E-state index in [0.29, 0.717) is 35.5 Å². The molecule has 0 amide bonds. The Bertz CT molecular complexity index is 2880. The minimum Gasteiger partial charge on any atom is -0.508 e. The highest BCUT2D eigenvalue weighted by Gasteiger charge is 2.08. The van der Waals surface area contributed by atoms with Crippen LogP contribution in [0.4, 0.5) is 11.4 Å². The molecule has 7 aromatic rings. The minimum absolute atomic E-state index is 0.0139. The number of pyridine rings is 1. The molecule has 16 heteroatoms. The molecular weight excluding hydrogens is 1020 g/mol. The number of para-hydroxylation sites is 1. The van der Waals surface area contributed by atoms with Crippen LogP contribution >= 0.6 is 24.4 Å². The number of carbonyl (C=O) groups excluding carboxylic acids is 5. The highest BCUT2D eigenvalue weighted by molar-refractivity contribution is 7.80. The molecule has 0 bridgehead atoms. The van der Waals surface area contributed by atoms with E-state index in [0.717, 1.165) is 32.5 Å². The van der Waals surface area contributed by atoms with E-state index in [-0.39, 0.29) is 52.8 Å². The van der Waals surface area contributed by atoms with Gasteiger partial charge in [-0.25, -0.2) is 0 Å². The van der Waals surface area contributed by atoms with Crippen molar-refractivity contribution in [1.82, 2.24) is 4.98 Å². The lowest BCUT2D eigenvalue weighted by Gasteiger charge is -2.08. The zero-order valence-electron chi connectivity index (χ0n) is 45.9. The van der Waals surface area contributed by atoms with E-state index in [2.05, 4.69) is 34.7 Å². The van der Waals surface area contributed by atoms with Gasteiger partial charge in [-0.1, -0.05) is 114 Å². The Kier molecular flexibility index (Phi) is 33.3. The van der Waals surface area contributed by atoms with E-state index < -0.39 is 6.04 Å². The van der Waals surface area contributed by atoms with Gasteiger partial charge in [0.05, 0.1) is 53.8 Å². The minimum atomic E-state index is -0.501. The summed E-state index contributed by atoms with van der Waals surface area (Å²) in [6.07, 6.45) is 4.01. The van der Waals surface area contributed by atoms with E-state index in [1.807, 2.05) is 99.6 Å². The van der Waals surface area contributed by atoms with Crippen molar-refractivity contribution in [2.24, 2.45) is 5.73 Å². The lowest BCUT2D eigenvalue weighted by Crippen LogP contribution is -2.33. The van der Waals surface area contributed by atoms with Crippen LogP contribution in [-0.2, 0) is 27.4 Å². The van der Waals surface area contributed by atoms with Crippen LogP contribution in [0.2, 0.25) is 0 Å². The van der Waals surface area contributed by atoms with Gasteiger partial charge in [0.25, 0.3) is 0 Å². The molecule has 7 rings (SSSR count). The van der Waals surface area contributed by atoms with E-state index in [1.54, 1.807) is 55.7 Å². The van der Waals surface area contributed by atoms with Gasteiger partial charge in [-0.15, -0.1) is 0 Å². The standard InChI is InChI=1S/C11H15NO2.C10H12O.C9H11NS.C9H10O3.2C8H8O2.C7H8N2S/c1-9(13)11(12)8-14-7-10-5-3-2-4-6-10;1-8-3-5-10(6-4-8)7-9(2)11;1-7-3-5-9(6-4-7)10-8(2)11;1-6(10)7-3-4-8(11)9(5-7)12-2;1-6(9)7-2-4-8(10)5-3-7;1-6(9)7-4-2-3-5-8(7)10;1-6(10)9-7-3-2-4-8-5-7/h2-6,11H,7-8,12H2,1H3;3-6H,7H2,1-2H3;3-6H,1-2H3,(H,10,11);3-5,11H,1-2H3;2*2-5,10H,1H3;2-5H,1H3,(H,9,10). The predicted octanol–water partition coefficient (Wildman–Crippen LogP) is 12.6. The normalized spacial score (nSPS) is 9.88. The Labute approximate surface area is 469 Å².